The van der Waals surface area contributed by atoms with Crippen molar-refractivity contribution in [1.29, 1.82) is 0 Å². The molecule has 1 aromatic rings. The topological polar surface area (TPSA) is 60.8 Å². The summed E-state index contributed by atoms with van der Waals surface area (Å²) in [6.07, 6.45) is -1.51. The van der Waals surface area contributed by atoms with Crippen LogP contribution < -0.4 is 0 Å². The molecular weight excluding hydrogens is 242 g/mol. The van der Waals surface area contributed by atoms with Crippen LogP contribution in [-0.2, 0) is 0 Å². The highest BCUT2D eigenvalue weighted by molar-refractivity contribution is 6.00. The number of β-amino-alcohol motifs (C(OH)–C–C–N with tert-alkyl or cyclic N) is 2. The summed E-state index contributed by atoms with van der Waals surface area (Å²) in [4.78, 5) is 14.2. The van der Waals surface area contributed by atoms with Crippen molar-refractivity contribution in [3.8, 4) is 0 Å². The van der Waals surface area contributed by atoms with Crippen LogP contribution in [0, 0.1) is 13.8 Å². The van der Waals surface area contributed by atoms with E-state index in [4.69, 9.17) is 0 Å². The average Bonchev–Trinajstić information content (AvgIpc) is 2.71. The number of aliphatic hydroxyl groups excluding tert-OH is 2. The van der Waals surface area contributed by atoms with E-state index in [2.05, 4.69) is 0 Å². The molecule has 0 amide bonds. The Bertz CT molecular complexity index is 476. The Balaban J connectivity index is 2.13. The van der Waals surface area contributed by atoms with Crippen molar-refractivity contribution < 1.29 is 15.0 Å². The van der Waals surface area contributed by atoms with Gasteiger partial charge in [0.1, 0.15) is 0 Å². The van der Waals surface area contributed by atoms with E-state index in [1.165, 1.54) is 0 Å². The number of nitrogens with zero attached hydrogens (tertiary/aromatic N) is 1. The molecule has 0 radical (unpaired) electrons. The Hall–Kier alpha value is -1.23. The molecule has 1 heterocycles. The molecule has 2 N–H and O–H groups in total. The first-order valence-corrected chi connectivity index (χ1v) is 6.62. The quantitative estimate of drug-likeness (QED) is 0.796. The smallest absolute Gasteiger partial charge is 0.179 e. The second-order valence-electron chi connectivity index (χ2n) is 5.43. The number of hydrogen-bond donors (Lipinski definition) is 2. The van der Waals surface area contributed by atoms with Crippen LogP contribution in [0.5, 0.6) is 0 Å². The van der Waals surface area contributed by atoms with Crippen molar-refractivity contribution in [2.75, 3.05) is 13.1 Å². The molecule has 1 fully saturated rings. The van der Waals surface area contributed by atoms with Crippen LogP contribution in [0.25, 0.3) is 0 Å². The number of Topliss-reactive ketones (excluding diaryl/α,β-unsaturated/α-hetero) is 1. The number of carbonyl (C=O) groups is 1. The maximum Gasteiger partial charge on any atom is 0.179 e. The predicted molar refractivity (Wildman–Crippen MR) is 73.3 cm³/mol. The first-order chi connectivity index (χ1) is 8.90. The largest absolute Gasteiger partial charge is 0.389 e. The van der Waals surface area contributed by atoms with E-state index in [1.807, 2.05) is 43.9 Å². The van der Waals surface area contributed by atoms with E-state index in [-0.39, 0.29) is 11.8 Å². The summed E-state index contributed by atoms with van der Waals surface area (Å²) in [6.45, 7) is 6.51. The maximum absolute atomic E-state index is 12.4. The van der Waals surface area contributed by atoms with Crippen molar-refractivity contribution in [3.63, 3.8) is 0 Å². The molecule has 1 aliphatic heterocycles. The van der Waals surface area contributed by atoms with Crippen LogP contribution in [-0.4, -0.2) is 52.2 Å². The number of rotatable bonds is 3. The molecule has 1 saturated heterocycles. The van der Waals surface area contributed by atoms with E-state index in [1.54, 1.807) is 0 Å². The molecule has 0 aromatic heterocycles. The number of benzene rings is 1. The van der Waals surface area contributed by atoms with Crippen LogP contribution in [0.4, 0.5) is 0 Å². The zero-order valence-corrected chi connectivity index (χ0v) is 11.6. The van der Waals surface area contributed by atoms with Crippen LogP contribution in [0.15, 0.2) is 18.2 Å². The van der Waals surface area contributed by atoms with E-state index in [9.17, 15) is 15.0 Å². The molecule has 0 saturated carbocycles. The van der Waals surface area contributed by atoms with Crippen molar-refractivity contribution in [2.45, 2.75) is 39.0 Å². The zero-order chi connectivity index (χ0) is 14.2. The van der Waals surface area contributed by atoms with Gasteiger partial charge in [-0.05, 0) is 38.0 Å². The molecule has 4 heteroatoms. The highest BCUT2D eigenvalue weighted by Crippen LogP contribution is 2.18. The number of hydrogen-bond acceptors (Lipinski definition) is 4. The Morgan fingerprint density at radius 3 is 2.32 bits per heavy atom. The number of likely N-dealkylation sites (tertiary alicyclic amines) is 1. The van der Waals surface area contributed by atoms with Gasteiger partial charge in [0.2, 0.25) is 0 Å². The van der Waals surface area contributed by atoms with Gasteiger partial charge in [0.05, 0.1) is 18.2 Å². The van der Waals surface area contributed by atoms with Gasteiger partial charge < -0.3 is 10.2 Å². The summed E-state index contributed by atoms with van der Waals surface area (Å²) < 4.78 is 0. The molecule has 2 rings (SSSR count). The fraction of sp³-hybridized carbons (Fsp3) is 0.533. The average molecular weight is 263 g/mol. The predicted octanol–water partition coefficient (Wildman–Crippen LogP) is 0.912. The summed E-state index contributed by atoms with van der Waals surface area (Å²) in [6, 6.07) is 5.36. The molecule has 3 unspecified atom stereocenters. The Morgan fingerprint density at radius 2 is 1.79 bits per heavy atom. The third-order valence-corrected chi connectivity index (χ3v) is 4.01. The molecular formula is C15H21NO3. The second kappa shape index (κ2) is 5.41. The molecule has 0 spiro atoms. The molecule has 1 aliphatic rings. The summed E-state index contributed by atoms with van der Waals surface area (Å²) in [7, 11) is 0. The van der Waals surface area contributed by atoms with Crippen molar-refractivity contribution in [1.82, 2.24) is 4.90 Å². The summed E-state index contributed by atoms with van der Waals surface area (Å²) in [5.74, 6) is 0.0319. The summed E-state index contributed by atoms with van der Waals surface area (Å²) in [5.41, 5.74) is 2.95. The zero-order valence-electron chi connectivity index (χ0n) is 11.6. The van der Waals surface area contributed by atoms with E-state index < -0.39 is 12.2 Å². The van der Waals surface area contributed by atoms with Crippen LogP contribution in [0.3, 0.4) is 0 Å². The minimum atomic E-state index is -0.755. The number of carbonyl (C=O) groups excluding carboxylic acids is 1. The van der Waals surface area contributed by atoms with Gasteiger partial charge in [0, 0.05) is 18.7 Å². The summed E-state index contributed by atoms with van der Waals surface area (Å²) in [5, 5.41) is 19.1. The van der Waals surface area contributed by atoms with Gasteiger partial charge in [0.15, 0.2) is 5.78 Å². The second-order valence-corrected chi connectivity index (χ2v) is 5.43. The Morgan fingerprint density at radius 1 is 1.21 bits per heavy atom. The third-order valence-electron chi connectivity index (χ3n) is 4.01. The number of aliphatic hydroxyl groups is 2. The van der Waals surface area contributed by atoms with Gasteiger partial charge >= 0.3 is 0 Å². The third kappa shape index (κ3) is 2.86. The molecule has 3 atom stereocenters. The molecule has 0 aliphatic carbocycles. The monoisotopic (exact) mass is 263 g/mol. The lowest BCUT2D eigenvalue weighted by Crippen LogP contribution is -2.38. The molecule has 104 valence electrons. The fourth-order valence-corrected chi connectivity index (χ4v) is 2.42. The van der Waals surface area contributed by atoms with Gasteiger partial charge in [-0.3, -0.25) is 9.69 Å². The van der Waals surface area contributed by atoms with Gasteiger partial charge in [-0.15, -0.1) is 0 Å². The lowest BCUT2D eigenvalue weighted by Gasteiger charge is -2.22. The Kier molecular flexibility index (Phi) is 4.04. The summed E-state index contributed by atoms with van der Waals surface area (Å²) >= 11 is 0. The van der Waals surface area contributed by atoms with Gasteiger partial charge in [0.25, 0.3) is 0 Å². The first kappa shape index (κ1) is 14.2. The maximum atomic E-state index is 12.4. The molecule has 1 aromatic carbocycles. The van der Waals surface area contributed by atoms with Crippen molar-refractivity contribution in [2.24, 2.45) is 0 Å². The van der Waals surface area contributed by atoms with E-state index >= 15 is 0 Å². The lowest BCUT2D eigenvalue weighted by atomic mass is 10.00. The Labute approximate surface area is 113 Å². The van der Waals surface area contributed by atoms with Gasteiger partial charge in [-0.25, -0.2) is 0 Å². The van der Waals surface area contributed by atoms with Crippen molar-refractivity contribution in [3.05, 3.63) is 34.9 Å². The normalized spacial score (nSPS) is 25.5. The highest BCUT2D eigenvalue weighted by atomic mass is 16.3. The minimum Gasteiger partial charge on any atom is -0.389 e. The minimum absolute atomic E-state index is 0.0319. The van der Waals surface area contributed by atoms with Gasteiger partial charge in [-0.2, -0.15) is 0 Å². The fourth-order valence-electron chi connectivity index (χ4n) is 2.42. The van der Waals surface area contributed by atoms with E-state index in [0.29, 0.717) is 18.7 Å². The highest BCUT2D eigenvalue weighted by Gasteiger charge is 2.34. The van der Waals surface area contributed by atoms with E-state index in [0.717, 1.165) is 11.1 Å². The van der Waals surface area contributed by atoms with Crippen molar-refractivity contribution >= 4 is 5.78 Å². The lowest BCUT2D eigenvalue weighted by molar-refractivity contribution is 0.0572. The number of aryl methyl sites for hydroxylation is 2. The first-order valence-electron chi connectivity index (χ1n) is 6.62. The van der Waals surface area contributed by atoms with Crippen LogP contribution in [0.1, 0.15) is 28.4 Å². The molecule has 4 nitrogen and oxygen atoms in total. The molecule has 0 bridgehead atoms. The number of ketones is 1. The van der Waals surface area contributed by atoms with Crippen LogP contribution >= 0.6 is 0 Å². The molecule has 19 heavy (non-hydrogen) atoms. The SMILES string of the molecule is Cc1ccc(C(=O)C(C)N2CC(O)C(O)C2)cc1C. The standard InChI is InChI=1S/C15H21NO3/c1-9-4-5-12(6-10(9)2)15(19)11(3)16-7-13(17)14(18)8-16/h4-6,11,13-14,17-18H,7-8H2,1-3H3. The van der Waals surface area contributed by atoms with Gasteiger partial charge in [-0.1, -0.05) is 12.1 Å². The van der Waals surface area contributed by atoms with Crippen LogP contribution in [0.2, 0.25) is 0 Å².